The van der Waals surface area contributed by atoms with Crippen LogP contribution in [0.15, 0.2) is 28.8 Å². The van der Waals surface area contributed by atoms with Crippen molar-refractivity contribution in [2.75, 3.05) is 6.61 Å². The SMILES string of the molecule is O=C(C1=CCCCO1)c1ncncc1Br. The Morgan fingerprint density at radius 3 is 3.07 bits per heavy atom. The minimum Gasteiger partial charge on any atom is -0.490 e. The van der Waals surface area contributed by atoms with Crippen LogP contribution in [0.1, 0.15) is 23.3 Å². The molecule has 0 saturated carbocycles. The summed E-state index contributed by atoms with van der Waals surface area (Å²) in [6.45, 7) is 0.597. The number of aromatic nitrogens is 2. The second-order valence-electron chi connectivity index (χ2n) is 3.11. The summed E-state index contributed by atoms with van der Waals surface area (Å²) in [5.41, 5.74) is 0.346. The highest BCUT2D eigenvalue weighted by Gasteiger charge is 2.19. The molecule has 2 rings (SSSR count). The molecule has 5 heteroatoms. The van der Waals surface area contributed by atoms with Crippen molar-refractivity contribution in [1.82, 2.24) is 9.97 Å². The lowest BCUT2D eigenvalue weighted by Crippen LogP contribution is -2.13. The van der Waals surface area contributed by atoms with Crippen LogP contribution in [0.3, 0.4) is 0 Å². The van der Waals surface area contributed by atoms with Gasteiger partial charge in [-0.2, -0.15) is 0 Å². The number of hydrogen-bond donors (Lipinski definition) is 0. The van der Waals surface area contributed by atoms with Crippen molar-refractivity contribution in [2.24, 2.45) is 0 Å². The van der Waals surface area contributed by atoms with E-state index in [1.165, 1.54) is 6.33 Å². The minimum absolute atomic E-state index is 0.191. The van der Waals surface area contributed by atoms with Crippen LogP contribution < -0.4 is 0 Å². The summed E-state index contributed by atoms with van der Waals surface area (Å²) in [7, 11) is 0. The van der Waals surface area contributed by atoms with E-state index in [1.807, 2.05) is 0 Å². The highest BCUT2D eigenvalue weighted by molar-refractivity contribution is 9.10. The number of carbonyl (C=O) groups is 1. The van der Waals surface area contributed by atoms with Crippen molar-refractivity contribution in [1.29, 1.82) is 0 Å². The van der Waals surface area contributed by atoms with Gasteiger partial charge in [0.25, 0.3) is 0 Å². The first-order valence-corrected chi connectivity index (χ1v) is 5.41. The van der Waals surface area contributed by atoms with Crippen molar-refractivity contribution in [3.63, 3.8) is 0 Å². The van der Waals surface area contributed by atoms with E-state index in [2.05, 4.69) is 25.9 Å². The van der Waals surface area contributed by atoms with E-state index in [1.54, 1.807) is 12.3 Å². The summed E-state index contributed by atoms with van der Waals surface area (Å²) in [5.74, 6) is 0.199. The molecule has 0 unspecified atom stereocenters. The summed E-state index contributed by atoms with van der Waals surface area (Å²) in [6, 6.07) is 0. The zero-order valence-corrected chi connectivity index (χ0v) is 9.53. The minimum atomic E-state index is -0.191. The maximum atomic E-state index is 11.9. The van der Waals surface area contributed by atoms with Crippen molar-refractivity contribution < 1.29 is 9.53 Å². The number of ether oxygens (including phenoxy) is 1. The number of nitrogens with zero attached hydrogens (tertiary/aromatic N) is 2. The number of rotatable bonds is 2. The Balaban J connectivity index is 2.28. The molecule has 15 heavy (non-hydrogen) atoms. The largest absolute Gasteiger partial charge is 0.490 e. The Morgan fingerprint density at radius 2 is 2.40 bits per heavy atom. The van der Waals surface area contributed by atoms with E-state index in [4.69, 9.17) is 4.74 Å². The van der Waals surface area contributed by atoms with Crippen LogP contribution in [0.4, 0.5) is 0 Å². The molecule has 0 bridgehead atoms. The maximum absolute atomic E-state index is 11.9. The highest BCUT2D eigenvalue weighted by atomic mass is 79.9. The second kappa shape index (κ2) is 4.53. The van der Waals surface area contributed by atoms with E-state index >= 15 is 0 Å². The van der Waals surface area contributed by atoms with Crippen LogP contribution in [0.2, 0.25) is 0 Å². The van der Waals surface area contributed by atoms with Crippen molar-refractivity contribution in [3.8, 4) is 0 Å². The van der Waals surface area contributed by atoms with Crippen LogP contribution in [0, 0.1) is 0 Å². The van der Waals surface area contributed by atoms with Gasteiger partial charge in [-0.1, -0.05) is 0 Å². The number of Topliss-reactive ketones (excluding diaryl/α,β-unsaturated/α-hetero) is 1. The van der Waals surface area contributed by atoms with Gasteiger partial charge < -0.3 is 4.74 Å². The Kier molecular flexibility index (Phi) is 3.11. The zero-order valence-electron chi connectivity index (χ0n) is 7.94. The first-order chi connectivity index (χ1) is 7.29. The molecular weight excluding hydrogens is 260 g/mol. The molecule has 0 atom stereocenters. The van der Waals surface area contributed by atoms with Gasteiger partial charge in [-0.3, -0.25) is 4.79 Å². The van der Waals surface area contributed by atoms with Crippen LogP contribution in [0.25, 0.3) is 0 Å². The first kappa shape index (κ1) is 10.3. The number of hydrogen-bond acceptors (Lipinski definition) is 4. The molecule has 0 radical (unpaired) electrons. The Labute approximate surface area is 95.5 Å². The molecular formula is C10H9BrN2O2. The maximum Gasteiger partial charge on any atom is 0.246 e. The molecule has 0 fully saturated rings. The van der Waals surface area contributed by atoms with Gasteiger partial charge in [-0.15, -0.1) is 0 Å². The van der Waals surface area contributed by atoms with Crippen LogP contribution >= 0.6 is 15.9 Å². The summed E-state index contributed by atoms with van der Waals surface area (Å²) < 4.78 is 5.87. The van der Waals surface area contributed by atoms with Crippen LogP contribution in [-0.4, -0.2) is 22.4 Å². The Morgan fingerprint density at radius 1 is 1.53 bits per heavy atom. The number of carbonyl (C=O) groups excluding carboxylic acids is 1. The molecule has 4 nitrogen and oxygen atoms in total. The van der Waals surface area contributed by atoms with Gasteiger partial charge in [-0.25, -0.2) is 9.97 Å². The van der Waals surface area contributed by atoms with Gasteiger partial charge in [0.15, 0.2) is 5.76 Å². The predicted molar refractivity (Wildman–Crippen MR) is 57.3 cm³/mol. The monoisotopic (exact) mass is 268 g/mol. The predicted octanol–water partition coefficient (Wildman–Crippen LogP) is 2.12. The van der Waals surface area contributed by atoms with Crippen LogP contribution in [0.5, 0.6) is 0 Å². The first-order valence-electron chi connectivity index (χ1n) is 4.62. The lowest BCUT2D eigenvalue weighted by molar-refractivity contribution is 0.0893. The third-order valence-corrected chi connectivity index (χ3v) is 2.62. The molecule has 1 aromatic rings. The van der Waals surface area contributed by atoms with E-state index in [0.29, 0.717) is 22.5 Å². The molecule has 0 N–H and O–H groups in total. The molecule has 2 heterocycles. The van der Waals surface area contributed by atoms with Gasteiger partial charge in [0.1, 0.15) is 12.0 Å². The Bertz CT molecular complexity index is 418. The summed E-state index contributed by atoms with van der Waals surface area (Å²) in [6.07, 6.45) is 6.54. The summed E-state index contributed by atoms with van der Waals surface area (Å²) in [4.78, 5) is 19.6. The average Bonchev–Trinajstić information content (AvgIpc) is 2.30. The van der Waals surface area contributed by atoms with Gasteiger partial charge in [0, 0.05) is 6.20 Å². The molecule has 1 aromatic heterocycles. The molecule has 1 aliphatic heterocycles. The summed E-state index contributed by atoms with van der Waals surface area (Å²) >= 11 is 3.23. The average molecular weight is 269 g/mol. The fraction of sp³-hybridized carbons (Fsp3) is 0.300. The van der Waals surface area contributed by atoms with Crippen molar-refractivity contribution in [2.45, 2.75) is 12.8 Å². The second-order valence-corrected chi connectivity index (χ2v) is 3.96. The van der Waals surface area contributed by atoms with Gasteiger partial charge in [0.2, 0.25) is 5.78 Å². The lowest BCUT2D eigenvalue weighted by Gasteiger charge is -2.13. The molecule has 0 amide bonds. The van der Waals surface area contributed by atoms with Gasteiger partial charge in [-0.05, 0) is 34.8 Å². The highest BCUT2D eigenvalue weighted by Crippen LogP contribution is 2.19. The van der Waals surface area contributed by atoms with Gasteiger partial charge >= 0.3 is 0 Å². The standard InChI is InChI=1S/C10H9BrN2O2/c11-7-5-12-6-13-9(7)10(14)8-3-1-2-4-15-8/h3,5-6H,1-2,4H2. The van der Waals surface area contributed by atoms with Crippen LogP contribution in [-0.2, 0) is 4.74 Å². The molecule has 0 aromatic carbocycles. The number of allylic oxidation sites excluding steroid dienone is 2. The molecule has 1 aliphatic rings. The normalized spacial score (nSPS) is 15.4. The zero-order chi connectivity index (χ0) is 10.7. The fourth-order valence-corrected chi connectivity index (χ4v) is 1.71. The number of halogens is 1. The fourth-order valence-electron chi connectivity index (χ4n) is 1.31. The lowest BCUT2D eigenvalue weighted by atomic mass is 10.1. The van der Waals surface area contributed by atoms with Gasteiger partial charge in [0.05, 0.1) is 11.1 Å². The molecule has 0 spiro atoms. The van der Waals surface area contributed by atoms with Crippen molar-refractivity contribution in [3.05, 3.63) is 34.5 Å². The quantitative estimate of drug-likeness (QED) is 0.771. The Hall–Kier alpha value is -1.23. The van der Waals surface area contributed by atoms with E-state index in [0.717, 1.165) is 12.8 Å². The molecule has 0 saturated heterocycles. The molecule has 0 aliphatic carbocycles. The topological polar surface area (TPSA) is 52.1 Å². The van der Waals surface area contributed by atoms with E-state index < -0.39 is 0 Å². The number of ketones is 1. The molecule has 78 valence electrons. The summed E-state index contributed by atoms with van der Waals surface area (Å²) in [5, 5.41) is 0. The smallest absolute Gasteiger partial charge is 0.246 e. The third-order valence-electron chi connectivity index (χ3n) is 2.04. The van der Waals surface area contributed by atoms with Crippen molar-refractivity contribution >= 4 is 21.7 Å². The third kappa shape index (κ3) is 2.23. The van der Waals surface area contributed by atoms with E-state index in [-0.39, 0.29) is 5.78 Å². The van der Waals surface area contributed by atoms with E-state index in [9.17, 15) is 4.79 Å².